The van der Waals surface area contributed by atoms with Gasteiger partial charge in [0.2, 0.25) is 0 Å². The molecular formula is C56H74N4O6. The van der Waals surface area contributed by atoms with Crippen molar-refractivity contribution in [2.24, 2.45) is 0 Å². The van der Waals surface area contributed by atoms with E-state index in [2.05, 4.69) is 184 Å². The van der Waals surface area contributed by atoms with Gasteiger partial charge in [0.25, 0.3) is 0 Å². The van der Waals surface area contributed by atoms with Crippen molar-refractivity contribution in [1.82, 2.24) is 20.3 Å². The Morgan fingerprint density at radius 2 is 0.530 bits per heavy atom. The average molecular weight is 899 g/mol. The van der Waals surface area contributed by atoms with Gasteiger partial charge in [-0.05, 0) is 168 Å². The zero-order chi connectivity index (χ0) is 48.2. The summed E-state index contributed by atoms with van der Waals surface area (Å²) in [6.45, 7) is 33.9. The highest BCUT2D eigenvalue weighted by Gasteiger charge is 2.57. The number of carbonyl (C=O) groups excluding carboxylic acids is 2. The molecule has 0 N–H and O–H groups in total. The predicted octanol–water partition coefficient (Wildman–Crippen LogP) is 12.0. The van der Waals surface area contributed by atoms with Crippen LogP contribution >= 0.6 is 0 Å². The molecule has 10 nitrogen and oxygen atoms in total. The molecule has 2 atom stereocenters. The Morgan fingerprint density at radius 1 is 0.348 bits per heavy atom. The molecule has 4 aliphatic rings. The van der Waals surface area contributed by atoms with Crippen LogP contribution in [0, 0.1) is 0 Å². The molecule has 0 amide bonds. The molecule has 0 bridgehead atoms. The lowest BCUT2D eigenvalue weighted by molar-refractivity contribution is -0.307. The molecule has 2 unspecified atom stereocenters. The molecular weight excluding hydrogens is 825 g/mol. The van der Waals surface area contributed by atoms with Crippen LogP contribution in [0.25, 0.3) is 0 Å². The first kappa shape index (κ1) is 48.1. The fourth-order valence-electron chi connectivity index (χ4n) is 12.5. The minimum Gasteiger partial charge on any atom is -0.364 e. The summed E-state index contributed by atoms with van der Waals surface area (Å²) in [6.07, 6.45) is -0.157. The number of fused-ring (bicyclic) bond motifs is 4. The summed E-state index contributed by atoms with van der Waals surface area (Å²) in [5.41, 5.74) is 4.52. The number of benzene rings is 4. The van der Waals surface area contributed by atoms with E-state index in [9.17, 15) is 9.59 Å². The average Bonchev–Trinajstić information content (AvgIpc) is 3.66. The Labute approximate surface area is 394 Å². The van der Waals surface area contributed by atoms with Crippen LogP contribution in [-0.4, -0.2) is 44.4 Å². The third-order valence-electron chi connectivity index (χ3n) is 15.6. The first-order valence-electron chi connectivity index (χ1n) is 24.0. The molecule has 0 radical (unpaired) electrons. The minimum absolute atomic E-state index is 0.342. The first-order valence-corrected chi connectivity index (χ1v) is 24.0. The maximum absolute atomic E-state index is 14.9. The molecule has 0 fully saturated rings. The van der Waals surface area contributed by atoms with Gasteiger partial charge in [0.15, 0.2) is 12.2 Å². The third-order valence-corrected chi connectivity index (χ3v) is 15.6. The normalized spacial score (nSPS) is 23.3. The molecule has 0 aliphatic carbocycles. The van der Waals surface area contributed by atoms with Crippen molar-refractivity contribution in [2.45, 2.75) is 193 Å². The largest absolute Gasteiger partial charge is 0.364 e. The first-order chi connectivity index (χ1) is 30.6. The standard InChI is InChI=1S/C56H74N4O6/c1-49(2)37-27-17-18-28-38(37)50(3,4)57(49)63-45(47(61)65-59-53(9,10)41-31-21-22-32-42(41)54(59,11)12)35-25-26-36-46(64-58-51(5,6)39-29-19-20-30-40(39)52(58,7)8)48(62)66-60-55(13,14)43-33-23-24-34-44(43)56(60,15)16/h17-24,27-34,45-46H,25-26,35-36H2,1-16H3. The molecule has 0 saturated heterocycles. The van der Waals surface area contributed by atoms with E-state index >= 15 is 0 Å². The summed E-state index contributed by atoms with van der Waals surface area (Å²) < 4.78 is 0. The van der Waals surface area contributed by atoms with Gasteiger partial charge in [0.1, 0.15) is 0 Å². The van der Waals surface area contributed by atoms with Gasteiger partial charge in [0, 0.05) is 0 Å². The monoisotopic (exact) mass is 899 g/mol. The zero-order valence-corrected chi connectivity index (χ0v) is 42.5. The van der Waals surface area contributed by atoms with Crippen LogP contribution < -0.4 is 0 Å². The minimum atomic E-state index is -0.963. The fraction of sp³-hybridized carbons (Fsp3) is 0.536. The van der Waals surface area contributed by atoms with Crippen LogP contribution in [0.3, 0.4) is 0 Å². The van der Waals surface area contributed by atoms with E-state index in [1.165, 1.54) is 0 Å². The number of hydroxylamine groups is 8. The second-order valence-corrected chi connectivity index (χ2v) is 23.1. The lowest BCUT2D eigenvalue weighted by Gasteiger charge is -2.43. The zero-order valence-electron chi connectivity index (χ0n) is 42.5. The lowest BCUT2D eigenvalue weighted by atomic mass is 9.91. The number of hydrogen-bond donors (Lipinski definition) is 0. The van der Waals surface area contributed by atoms with Gasteiger partial charge in [-0.15, -0.1) is 10.1 Å². The second-order valence-electron chi connectivity index (χ2n) is 23.1. The van der Waals surface area contributed by atoms with E-state index in [1.54, 1.807) is 0 Å². The number of hydrogen-bond acceptors (Lipinski definition) is 10. The van der Waals surface area contributed by atoms with E-state index in [4.69, 9.17) is 19.4 Å². The summed E-state index contributed by atoms with van der Waals surface area (Å²) >= 11 is 0. The van der Waals surface area contributed by atoms with Gasteiger partial charge < -0.3 is 9.68 Å². The molecule has 4 heterocycles. The van der Waals surface area contributed by atoms with Gasteiger partial charge in [-0.25, -0.2) is 9.59 Å². The van der Waals surface area contributed by atoms with Crippen molar-refractivity contribution in [2.75, 3.05) is 0 Å². The van der Waals surface area contributed by atoms with Gasteiger partial charge in [-0.1, -0.05) is 110 Å². The smallest absolute Gasteiger partial charge is 0.356 e. The number of rotatable bonds is 13. The molecule has 354 valence electrons. The lowest BCUT2D eigenvalue weighted by Crippen LogP contribution is -2.52. The van der Waals surface area contributed by atoms with Crippen molar-refractivity contribution in [3.63, 3.8) is 0 Å². The second kappa shape index (κ2) is 16.1. The predicted molar refractivity (Wildman–Crippen MR) is 258 cm³/mol. The third kappa shape index (κ3) is 7.37. The highest BCUT2D eigenvalue weighted by molar-refractivity contribution is 5.75. The van der Waals surface area contributed by atoms with Crippen LogP contribution in [0.15, 0.2) is 97.1 Å². The van der Waals surface area contributed by atoms with Gasteiger partial charge in [-0.2, -0.15) is 10.1 Å². The van der Waals surface area contributed by atoms with Crippen LogP contribution in [0.1, 0.15) is 181 Å². The Bertz CT molecular complexity index is 2210. The van der Waals surface area contributed by atoms with Crippen LogP contribution in [0.4, 0.5) is 0 Å². The Hall–Kier alpha value is -4.42. The maximum Gasteiger partial charge on any atom is 0.356 e. The van der Waals surface area contributed by atoms with Gasteiger partial charge in [0.05, 0.1) is 44.3 Å². The molecule has 66 heavy (non-hydrogen) atoms. The molecule has 8 rings (SSSR count). The molecule has 0 spiro atoms. The molecule has 0 aromatic heterocycles. The fourth-order valence-corrected chi connectivity index (χ4v) is 12.5. The van der Waals surface area contributed by atoms with Crippen molar-refractivity contribution in [3.05, 3.63) is 142 Å². The Morgan fingerprint density at radius 3 is 0.727 bits per heavy atom. The van der Waals surface area contributed by atoms with Gasteiger partial charge >= 0.3 is 11.9 Å². The summed E-state index contributed by atoms with van der Waals surface area (Å²) in [7, 11) is 0. The molecule has 4 aromatic carbocycles. The van der Waals surface area contributed by atoms with E-state index in [1.807, 2.05) is 44.5 Å². The highest BCUT2D eigenvalue weighted by Crippen LogP contribution is 2.54. The van der Waals surface area contributed by atoms with E-state index < -0.39 is 68.5 Å². The van der Waals surface area contributed by atoms with Crippen LogP contribution in [0.2, 0.25) is 0 Å². The maximum atomic E-state index is 14.9. The molecule has 10 heteroatoms. The quantitative estimate of drug-likeness (QED) is 0.121. The summed E-state index contributed by atoms with van der Waals surface area (Å²) in [5.74, 6) is -0.926. The van der Waals surface area contributed by atoms with Crippen LogP contribution in [0.5, 0.6) is 0 Å². The summed E-state index contributed by atoms with van der Waals surface area (Å²) in [6, 6.07) is 33.4. The van der Waals surface area contributed by atoms with Gasteiger partial charge in [-0.3, -0.25) is 9.68 Å². The van der Waals surface area contributed by atoms with E-state index in [-0.39, 0.29) is 0 Å². The van der Waals surface area contributed by atoms with Crippen molar-refractivity contribution in [3.8, 4) is 0 Å². The highest BCUT2D eigenvalue weighted by atomic mass is 16.8. The SMILES string of the molecule is CC1(C)c2ccccc2C(C)(C)N1OC(=O)C(CCCCC(ON1C(C)(C)c2ccccc2C1(C)C)C(=O)ON1C(C)(C)c2ccccc2C1(C)C)ON1C(C)(C)c2ccccc2C1(C)C. The van der Waals surface area contributed by atoms with Crippen molar-refractivity contribution < 1.29 is 28.9 Å². The summed E-state index contributed by atoms with van der Waals surface area (Å²) in [5, 5.41) is 7.66. The Kier molecular flexibility index (Phi) is 11.7. The van der Waals surface area contributed by atoms with Crippen LogP contribution in [-0.2, 0) is 73.3 Å². The number of carbonyl (C=O) groups is 2. The summed E-state index contributed by atoms with van der Waals surface area (Å²) in [4.78, 5) is 57.0. The Balaban J connectivity index is 1.07. The van der Waals surface area contributed by atoms with Crippen molar-refractivity contribution in [1.29, 1.82) is 0 Å². The molecule has 4 aromatic rings. The molecule has 4 aliphatic heterocycles. The molecule has 0 saturated carbocycles. The van der Waals surface area contributed by atoms with E-state index in [0.29, 0.717) is 25.7 Å². The number of nitrogens with zero attached hydrogens (tertiary/aromatic N) is 4. The van der Waals surface area contributed by atoms with E-state index in [0.717, 1.165) is 44.5 Å². The topological polar surface area (TPSA) is 84.0 Å². The number of unbranched alkanes of at least 4 members (excludes halogenated alkanes) is 1. The van der Waals surface area contributed by atoms with Crippen molar-refractivity contribution >= 4 is 11.9 Å².